The zero-order chi connectivity index (χ0) is 27.3. The third kappa shape index (κ3) is 7.18. The van der Waals surface area contributed by atoms with Crippen LogP contribution in [0.4, 0.5) is 5.69 Å². The monoisotopic (exact) mass is 610 g/mol. The molecular formula is C23H20N2O8P2S3. The summed E-state index contributed by atoms with van der Waals surface area (Å²) in [5, 5.41) is 20.9. The molecule has 10 nitrogen and oxygen atoms in total. The summed E-state index contributed by atoms with van der Waals surface area (Å²) in [6, 6.07) is 18.4. The van der Waals surface area contributed by atoms with Crippen molar-refractivity contribution in [2.45, 2.75) is 12.8 Å². The van der Waals surface area contributed by atoms with Crippen molar-refractivity contribution in [3.8, 4) is 17.2 Å². The molecule has 3 aromatic carbocycles. The van der Waals surface area contributed by atoms with Gasteiger partial charge in [0.25, 0.3) is 5.09 Å². The van der Waals surface area contributed by atoms with Crippen LogP contribution in [0, 0.1) is 10.1 Å². The van der Waals surface area contributed by atoms with Gasteiger partial charge in [-0.25, -0.2) is 4.79 Å². The molecule has 1 fully saturated rings. The smallest absolute Gasteiger partial charge is 0.347 e. The highest BCUT2D eigenvalue weighted by molar-refractivity contribution is 9.43. The molecule has 0 atom stereocenters. The quantitative estimate of drug-likeness (QED) is 0.0595. The van der Waals surface area contributed by atoms with Crippen molar-refractivity contribution in [2.24, 2.45) is 0 Å². The maximum Gasteiger partial charge on any atom is 0.347 e. The number of phenolic OH excluding ortho intramolecular Hbond substituents is 1. The van der Waals surface area contributed by atoms with Crippen molar-refractivity contribution >= 4 is 72.8 Å². The lowest BCUT2D eigenvalue weighted by molar-refractivity contribution is -0.757. The Morgan fingerprint density at radius 3 is 2.39 bits per heavy atom. The number of hydrogen-bond acceptors (Lipinski definition) is 12. The van der Waals surface area contributed by atoms with E-state index in [1.165, 1.54) is 18.2 Å². The topological polar surface area (TPSA) is 151 Å². The molecular weight excluding hydrogens is 590 g/mol. The number of benzene rings is 3. The molecule has 1 aliphatic heterocycles. The van der Waals surface area contributed by atoms with Crippen LogP contribution in [-0.2, 0) is 21.4 Å². The maximum atomic E-state index is 12.8. The second kappa shape index (κ2) is 12.4. The fourth-order valence-corrected chi connectivity index (χ4v) is 29.1. The molecule has 0 aromatic heterocycles. The number of nitrogens with two attached hydrogens (primary N) is 1. The van der Waals surface area contributed by atoms with E-state index >= 15 is 0 Å². The van der Waals surface area contributed by atoms with Gasteiger partial charge in [0.15, 0.2) is 0 Å². The van der Waals surface area contributed by atoms with Crippen molar-refractivity contribution in [3.63, 3.8) is 0 Å². The molecule has 38 heavy (non-hydrogen) atoms. The SMILES string of the molecule is Nc1ccc(C(=O)Oc2ccc(P3SP(=S)(c4ccc(O)cc4)S3)cc2)c(OC(=O)CCCO[N+](=O)[O-])c1. The molecule has 15 heteroatoms. The average Bonchev–Trinajstić information content (AvgIpc) is 2.85. The highest BCUT2D eigenvalue weighted by Gasteiger charge is 2.40. The highest BCUT2D eigenvalue weighted by atomic mass is 33.7. The molecule has 1 heterocycles. The van der Waals surface area contributed by atoms with Gasteiger partial charge in [-0.2, -0.15) is 0 Å². The number of aromatic hydroxyl groups is 1. The van der Waals surface area contributed by atoms with Gasteiger partial charge in [-0.15, -0.1) is 10.1 Å². The second-order valence-corrected chi connectivity index (χ2v) is 24.4. The predicted molar refractivity (Wildman–Crippen MR) is 154 cm³/mol. The molecule has 0 unspecified atom stereocenters. The number of anilines is 1. The van der Waals surface area contributed by atoms with E-state index in [9.17, 15) is 24.8 Å². The van der Waals surface area contributed by atoms with Gasteiger partial charge in [0.1, 0.15) is 22.8 Å². The number of phenols is 1. The lowest BCUT2D eigenvalue weighted by Gasteiger charge is -2.37. The van der Waals surface area contributed by atoms with Gasteiger partial charge in [0, 0.05) is 23.5 Å². The Labute approximate surface area is 231 Å². The Morgan fingerprint density at radius 2 is 1.74 bits per heavy atom. The van der Waals surface area contributed by atoms with Crippen LogP contribution >= 0.6 is 32.8 Å². The summed E-state index contributed by atoms with van der Waals surface area (Å²) in [5.41, 5.74) is 6.06. The van der Waals surface area contributed by atoms with Crippen LogP contribution in [-0.4, -0.2) is 28.7 Å². The third-order valence-corrected chi connectivity index (χ3v) is 30.0. The molecule has 3 N–H and O–H groups in total. The zero-order valence-electron chi connectivity index (χ0n) is 19.4. The van der Waals surface area contributed by atoms with Crippen molar-refractivity contribution in [1.82, 2.24) is 0 Å². The number of carbonyl (C=O) groups is 2. The molecule has 0 saturated carbocycles. The molecule has 0 amide bonds. The fourth-order valence-electron chi connectivity index (χ4n) is 3.14. The number of rotatable bonds is 10. The van der Waals surface area contributed by atoms with Crippen molar-refractivity contribution in [3.05, 3.63) is 82.4 Å². The average molecular weight is 611 g/mol. The van der Waals surface area contributed by atoms with E-state index < -0.39 is 27.8 Å². The van der Waals surface area contributed by atoms with Crippen LogP contribution in [0.25, 0.3) is 0 Å². The molecule has 1 aliphatic rings. The Morgan fingerprint density at radius 1 is 1.05 bits per heavy atom. The van der Waals surface area contributed by atoms with Gasteiger partial charge in [-0.05, 0) is 72.4 Å². The lowest BCUT2D eigenvalue weighted by atomic mass is 10.2. The van der Waals surface area contributed by atoms with Crippen LogP contribution in [0.5, 0.6) is 17.2 Å². The summed E-state index contributed by atoms with van der Waals surface area (Å²) in [5.74, 6) is -0.987. The van der Waals surface area contributed by atoms with Gasteiger partial charge in [-0.1, -0.05) is 33.8 Å². The first-order chi connectivity index (χ1) is 18.1. The minimum Gasteiger partial charge on any atom is -0.508 e. The normalized spacial score (nSPS) is 18.2. The van der Waals surface area contributed by atoms with E-state index in [0.29, 0.717) is 5.75 Å². The number of esters is 2. The standard InChI is InChI=1S/C23H20N2O8P2S3/c24-15-3-12-20(21(14-15)33-22(27)2-1-13-31-25(29)30)23(28)32-17-6-8-18(9-7-17)34-37-35(36,38-34)19-10-4-16(26)5-11-19/h3-12,14,26H,1-2,13,24H2. The summed E-state index contributed by atoms with van der Waals surface area (Å²) in [6.07, 6.45) is -0.648. The summed E-state index contributed by atoms with van der Waals surface area (Å²) >= 11 is 9.44. The van der Waals surface area contributed by atoms with Crippen LogP contribution < -0.4 is 25.8 Å². The minimum atomic E-state index is -1.79. The first-order valence-electron chi connectivity index (χ1n) is 10.9. The van der Waals surface area contributed by atoms with Gasteiger partial charge < -0.3 is 25.2 Å². The van der Waals surface area contributed by atoms with Crippen molar-refractivity contribution in [1.29, 1.82) is 0 Å². The summed E-state index contributed by atoms with van der Waals surface area (Å²) in [6.45, 7) is -0.255. The molecule has 0 bridgehead atoms. The van der Waals surface area contributed by atoms with Gasteiger partial charge in [0.2, 0.25) is 0 Å². The summed E-state index contributed by atoms with van der Waals surface area (Å²) < 4.78 is 8.96. The summed E-state index contributed by atoms with van der Waals surface area (Å²) in [7, 11) is 0. The highest BCUT2D eigenvalue weighted by Crippen LogP contribution is 2.99. The Kier molecular flexibility index (Phi) is 9.17. The number of hydrogen-bond donors (Lipinski definition) is 2. The van der Waals surface area contributed by atoms with E-state index in [0.717, 1.165) is 10.6 Å². The largest absolute Gasteiger partial charge is 0.508 e. The Bertz CT molecular complexity index is 1400. The number of carbonyl (C=O) groups excluding carboxylic acids is 2. The fraction of sp³-hybridized carbons (Fsp3) is 0.130. The maximum absolute atomic E-state index is 12.8. The summed E-state index contributed by atoms with van der Waals surface area (Å²) in [4.78, 5) is 39.3. The second-order valence-electron chi connectivity index (χ2n) is 7.71. The minimum absolute atomic E-state index is 0.00207. The first kappa shape index (κ1) is 28.2. The number of ether oxygens (including phenoxy) is 2. The molecule has 0 aliphatic carbocycles. The third-order valence-electron chi connectivity index (χ3n) is 4.96. The molecule has 1 saturated heterocycles. The van der Waals surface area contributed by atoms with Crippen molar-refractivity contribution < 1.29 is 34.1 Å². The van der Waals surface area contributed by atoms with E-state index in [2.05, 4.69) is 4.84 Å². The van der Waals surface area contributed by atoms with Gasteiger partial charge >= 0.3 is 11.9 Å². The molecule has 0 spiro atoms. The van der Waals surface area contributed by atoms with Crippen LogP contribution in [0.3, 0.4) is 0 Å². The molecule has 3 aromatic rings. The van der Waals surface area contributed by atoms with Crippen molar-refractivity contribution in [2.75, 3.05) is 12.3 Å². The van der Waals surface area contributed by atoms with Gasteiger partial charge in [0.05, 0.1) is 17.4 Å². The van der Waals surface area contributed by atoms with Crippen LogP contribution in [0.15, 0.2) is 66.7 Å². The van der Waals surface area contributed by atoms with E-state index in [1.54, 1.807) is 46.3 Å². The Hall–Kier alpha value is -2.82. The van der Waals surface area contributed by atoms with E-state index in [-0.39, 0.29) is 42.2 Å². The van der Waals surface area contributed by atoms with Crippen LogP contribution in [0.2, 0.25) is 0 Å². The molecule has 4 rings (SSSR count). The van der Waals surface area contributed by atoms with Gasteiger partial charge in [-0.3, -0.25) is 4.79 Å². The Balaban J connectivity index is 1.35. The number of nitrogens with zero attached hydrogens (tertiary/aromatic N) is 1. The molecule has 198 valence electrons. The van der Waals surface area contributed by atoms with E-state index in [4.69, 9.17) is 27.0 Å². The zero-order valence-corrected chi connectivity index (χ0v) is 23.7. The number of nitrogen functional groups attached to an aromatic ring is 1. The first-order valence-corrected chi connectivity index (χ1v) is 19.1. The molecule has 0 radical (unpaired) electrons. The van der Waals surface area contributed by atoms with Crippen LogP contribution in [0.1, 0.15) is 23.2 Å². The predicted octanol–water partition coefficient (Wildman–Crippen LogP) is 5.14. The lowest BCUT2D eigenvalue weighted by Crippen LogP contribution is -2.15. The van der Waals surface area contributed by atoms with E-state index in [1.807, 2.05) is 24.3 Å².